The minimum absolute atomic E-state index is 0.212. The van der Waals surface area contributed by atoms with Gasteiger partial charge >= 0.3 is 5.97 Å². The van der Waals surface area contributed by atoms with Crippen LogP contribution >= 0.6 is 0 Å². The van der Waals surface area contributed by atoms with Crippen LogP contribution in [0.4, 0.5) is 0 Å². The number of nitrogens with zero attached hydrogens (tertiary/aromatic N) is 3. The Balaban J connectivity index is 2.10. The maximum Gasteiger partial charge on any atom is 0.335 e. The maximum absolute atomic E-state index is 11.2. The summed E-state index contributed by atoms with van der Waals surface area (Å²) in [5.74, 6) is 0.978. The fraction of sp³-hybridized carbons (Fsp3) is 0.118. The van der Waals surface area contributed by atoms with Crippen LogP contribution in [0.2, 0.25) is 0 Å². The highest BCUT2D eigenvalue weighted by atomic mass is 16.5. The molecule has 3 rings (SSSR count). The third kappa shape index (κ3) is 2.91. The van der Waals surface area contributed by atoms with E-state index in [1.807, 2.05) is 30.3 Å². The maximum atomic E-state index is 11.2. The molecule has 0 aliphatic rings. The first-order valence-electron chi connectivity index (χ1n) is 7.00. The van der Waals surface area contributed by atoms with Crippen molar-refractivity contribution in [3.63, 3.8) is 0 Å². The van der Waals surface area contributed by atoms with Crippen LogP contribution in [0.3, 0.4) is 0 Å². The zero-order valence-electron chi connectivity index (χ0n) is 12.7. The quantitative estimate of drug-likeness (QED) is 0.801. The highest BCUT2D eigenvalue weighted by molar-refractivity contribution is 5.89. The van der Waals surface area contributed by atoms with Crippen molar-refractivity contribution in [1.82, 2.24) is 14.8 Å². The Hall–Kier alpha value is -3.15. The molecule has 0 aliphatic heterocycles. The van der Waals surface area contributed by atoms with Gasteiger partial charge in [-0.15, -0.1) is 0 Å². The number of hydrogen-bond acceptors (Lipinski definition) is 4. The van der Waals surface area contributed by atoms with E-state index in [1.165, 1.54) is 0 Å². The van der Waals surface area contributed by atoms with Gasteiger partial charge in [0.25, 0.3) is 0 Å². The van der Waals surface area contributed by atoms with E-state index >= 15 is 0 Å². The van der Waals surface area contributed by atoms with Crippen molar-refractivity contribution < 1.29 is 14.6 Å². The molecule has 6 nitrogen and oxygen atoms in total. The Bertz CT molecular complexity index is 854. The molecule has 116 valence electrons. The van der Waals surface area contributed by atoms with Crippen molar-refractivity contribution in [1.29, 1.82) is 0 Å². The first kappa shape index (κ1) is 14.8. The van der Waals surface area contributed by atoms with Crippen LogP contribution in [-0.2, 0) is 0 Å². The second-order valence-electron chi connectivity index (χ2n) is 4.98. The lowest BCUT2D eigenvalue weighted by Crippen LogP contribution is -2.01. The minimum Gasteiger partial charge on any atom is -0.497 e. The van der Waals surface area contributed by atoms with Gasteiger partial charge < -0.3 is 9.84 Å². The molecule has 0 saturated heterocycles. The number of ether oxygens (including phenoxy) is 1. The van der Waals surface area contributed by atoms with E-state index < -0.39 is 5.97 Å². The number of carboxylic acids is 1. The van der Waals surface area contributed by atoms with E-state index in [1.54, 1.807) is 36.9 Å². The van der Waals surface area contributed by atoms with Gasteiger partial charge in [0.1, 0.15) is 11.6 Å². The average Bonchev–Trinajstić information content (AvgIpc) is 2.97. The summed E-state index contributed by atoms with van der Waals surface area (Å²) >= 11 is 0. The number of carbonyl (C=O) groups is 1. The number of benzene rings is 2. The smallest absolute Gasteiger partial charge is 0.335 e. The summed E-state index contributed by atoms with van der Waals surface area (Å²) in [6.07, 6.45) is 0. The molecule has 0 aliphatic carbocycles. The molecule has 3 aromatic rings. The normalized spacial score (nSPS) is 10.5. The number of aromatic carboxylic acids is 1. The summed E-state index contributed by atoms with van der Waals surface area (Å²) in [6.45, 7) is 1.80. The van der Waals surface area contributed by atoms with Crippen LogP contribution < -0.4 is 4.74 Å². The molecule has 1 N–H and O–H groups in total. The largest absolute Gasteiger partial charge is 0.497 e. The molecule has 2 aromatic carbocycles. The lowest BCUT2D eigenvalue weighted by atomic mass is 10.1. The molecule has 0 fully saturated rings. The van der Waals surface area contributed by atoms with E-state index in [0.717, 1.165) is 11.4 Å². The molecule has 23 heavy (non-hydrogen) atoms. The summed E-state index contributed by atoms with van der Waals surface area (Å²) in [5, 5.41) is 13.6. The molecule has 0 saturated carbocycles. The van der Waals surface area contributed by atoms with E-state index in [2.05, 4.69) is 10.1 Å². The molecule has 0 amide bonds. The van der Waals surface area contributed by atoms with Crippen LogP contribution in [0.5, 0.6) is 5.75 Å². The highest BCUT2D eigenvalue weighted by Gasteiger charge is 2.13. The number of methoxy groups -OCH3 is 1. The third-order valence-corrected chi connectivity index (χ3v) is 3.40. The van der Waals surface area contributed by atoms with Crippen molar-refractivity contribution >= 4 is 5.97 Å². The Labute approximate surface area is 133 Å². The molecule has 6 heteroatoms. The predicted octanol–water partition coefficient (Wildman–Crippen LogP) is 2.95. The van der Waals surface area contributed by atoms with Gasteiger partial charge in [0, 0.05) is 5.56 Å². The summed E-state index contributed by atoms with van der Waals surface area (Å²) in [7, 11) is 1.61. The molecule has 1 aromatic heterocycles. The molecule has 0 radical (unpaired) electrons. The van der Waals surface area contributed by atoms with Crippen LogP contribution in [0.25, 0.3) is 17.1 Å². The molecular formula is C17H15N3O3. The van der Waals surface area contributed by atoms with Gasteiger partial charge in [0.2, 0.25) is 0 Å². The Morgan fingerprint density at radius 3 is 2.57 bits per heavy atom. The summed E-state index contributed by atoms with van der Waals surface area (Å²) in [6, 6.07) is 14.1. The summed E-state index contributed by atoms with van der Waals surface area (Å²) in [5.41, 5.74) is 1.73. The third-order valence-electron chi connectivity index (χ3n) is 3.40. The van der Waals surface area contributed by atoms with E-state index in [-0.39, 0.29) is 5.56 Å². The van der Waals surface area contributed by atoms with Gasteiger partial charge in [0.05, 0.1) is 18.4 Å². The van der Waals surface area contributed by atoms with Gasteiger partial charge in [-0.3, -0.25) is 0 Å². The molecule has 0 bridgehead atoms. The van der Waals surface area contributed by atoms with Crippen molar-refractivity contribution in [3.8, 4) is 22.8 Å². The van der Waals surface area contributed by atoms with Gasteiger partial charge in [-0.05, 0) is 43.3 Å². The van der Waals surface area contributed by atoms with Crippen LogP contribution in [-0.4, -0.2) is 33.0 Å². The lowest BCUT2D eigenvalue weighted by molar-refractivity contribution is 0.0697. The van der Waals surface area contributed by atoms with Crippen molar-refractivity contribution in [2.75, 3.05) is 7.11 Å². The van der Waals surface area contributed by atoms with Crippen LogP contribution in [0.1, 0.15) is 16.2 Å². The Morgan fingerprint density at radius 1 is 1.17 bits per heavy atom. The average molecular weight is 309 g/mol. The first-order valence-corrected chi connectivity index (χ1v) is 7.00. The Morgan fingerprint density at radius 2 is 1.91 bits per heavy atom. The van der Waals surface area contributed by atoms with Gasteiger partial charge in [-0.25, -0.2) is 14.5 Å². The number of hydrogen-bond donors (Lipinski definition) is 1. The topological polar surface area (TPSA) is 77.2 Å². The van der Waals surface area contributed by atoms with Crippen LogP contribution in [0.15, 0.2) is 48.5 Å². The zero-order chi connectivity index (χ0) is 16.4. The minimum atomic E-state index is -0.973. The zero-order valence-corrected chi connectivity index (χ0v) is 12.7. The molecule has 0 atom stereocenters. The predicted molar refractivity (Wildman–Crippen MR) is 85.0 cm³/mol. The van der Waals surface area contributed by atoms with Crippen LogP contribution in [0, 0.1) is 6.92 Å². The SMILES string of the molecule is COc1ccc(-n2nc(C)nc2-c2cccc(C(=O)O)c2)cc1. The van der Waals surface area contributed by atoms with Gasteiger partial charge in [0.15, 0.2) is 5.82 Å². The molecule has 0 unspecified atom stereocenters. The van der Waals surface area contributed by atoms with E-state index in [0.29, 0.717) is 17.2 Å². The fourth-order valence-electron chi connectivity index (χ4n) is 2.30. The number of carboxylic acid groups (broad SMARTS) is 1. The molecule has 1 heterocycles. The summed E-state index contributed by atoms with van der Waals surface area (Å²) in [4.78, 5) is 15.6. The second-order valence-corrected chi connectivity index (χ2v) is 4.98. The first-order chi connectivity index (χ1) is 11.1. The van der Waals surface area contributed by atoms with E-state index in [4.69, 9.17) is 9.84 Å². The second kappa shape index (κ2) is 5.92. The molecular weight excluding hydrogens is 294 g/mol. The van der Waals surface area contributed by atoms with Gasteiger partial charge in [-0.2, -0.15) is 5.10 Å². The van der Waals surface area contributed by atoms with Crippen molar-refractivity contribution in [3.05, 3.63) is 59.9 Å². The van der Waals surface area contributed by atoms with Crippen molar-refractivity contribution in [2.24, 2.45) is 0 Å². The van der Waals surface area contributed by atoms with E-state index in [9.17, 15) is 4.79 Å². The number of aromatic nitrogens is 3. The summed E-state index contributed by atoms with van der Waals surface area (Å²) < 4.78 is 6.85. The van der Waals surface area contributed by atoms with Crippen molar-refractivity contribution in [2.45, 2.75) is 6.92 Å². The monoisotopic (exact) mass is 309 g/mol. The molecule has 0 spiro atoms. The number of rotatable bonds is 4. The standard InChI is InChI=1S/C17H15N3O3/c1-11-18-16(12-4-3-5-13(10-12)17(21)22)20(19-11)14-6-8-15(23-2)9-7-14/h3-10H,1-2H3,(H,21,22). The Kier molecular flexibility index (Phi) is 3.80. The fourth-order valence-corrected chi connectivity index (χ4v) is 2.30. The highest BCUT2D eigenvalue weighted by Crippen LogP contribution is 2.23. The lowest BCUT2D eigenvalue weighted by Gasteiger charge is -2.07. The number of aryl methyl sites for hydroxylation is 1. The van der Waals surface area contributed by atoms with Gasteiger partial charge in [-0.1, -0.05) is 12.1 Å².